The number of hydrogen-bond donors (Lipinski definition) is 1. The van der Waals surface area contributed by atoms with Crippen LogP contribution in [-0.2, 0) is 11.5 Å². The van der Waals surface area contributed by atoms with Gasteiger partial charge in [-0.05, 0) is 31.1 Å². The Labute approximate surface area is 104 Å². The third kappa shape index (κ3) is 1.49. The largest absolute Gasteiger partial charge is 0.310 e. The van der Waals surface area contributed by atoms with E-state index in [4.69, 9.17) is 4.98 Å². The molecule has 2 fully saturated rings. The van der Waals surface area contributed by atoms with Crippen LogP contribution in [0.15, 0.2) is 4.79 Å². The van der Waals surface area contributed by atoms with Crippen LogP contribution in [0.5, 0.6) is 0 Å². The Morgan fingerprint density at radius 2 is 2.18 bits per heavy atom. The van der Waals surface area contributed by atoms with Crippen molar-refractivity contribution in [3.05, 3.63) is 27.4 Å². The minimum absolute atomic E-state index is 0.123. The fraction of sp³-hybridized carbons (Fsp3) is 0.692. The van der Waals surface area contributed by atoms with Crippen molar-refractivity contribution < 1.29 is 0 Å². The molecule has 2 saturated carbocycles. The van der Waals surface area contributed by atoms with Gasteiger partial charge in [-0.2, -0.15) is 11.8 Å². The first-order valence-corrected chi connectivity index (χ1v) is 7.66. The first kappa shape index (κ1) is 10.2. The van der Waals surface area contributed by atoms with Gasteiger partial charge in [0.15, 0.2) is 0 Å². The molecule has 0 radical (unpaired) electrons. The molecule has 0 saturated heterocycles. The third-order valence-corrected chi connectivity index (χ3v) is 5.66. The van der Waals surface area contributed by atoms with Gasteiger partial charge in [-0.3, -0.25) is 4.79 Å². The van der Waals surface area contributed by atoms with Crippen LogP contribution in [0.4, 0.5) is 0 Å². The monoisotopic (exact) mass is 248 g/mol. The van der Waals surface area contributed by atoms with Crippen molar-refractivity contribution in [2.24, 2.45) is 11.8 Å². The van der Waals surface area contributed by atoms with Crippen molar-refractivity contribution in [2.45, 2.75) is 43.1 Å². The van der Waals surface area contributed by atoms with Crippen molar-refractivity contribution >= 4 is 11.8 Å². The van der Waals surface area contributed by atoms with E-state index in [9.17, 15) is 4.79 Å². The van der Waals surface area contributed by atoms with E-state index in [1.807, 2.05) is 0 Å². The second-order valence-corrected chi connectivity index (χ2v) is 6.64. The van der Waals surface area contributed by atoms with Gasteiger partial charge in [0, 0.05) is 23.0 Å². The van der Waals surface area contributed by atoms with Crippen LogP contribution in [-0.4, -0.2) is 9.97 Å². The molecule has 2 bridgehead atoms. The molecular formula is C13H16N2OS. The summed E-state index contributed by atoms with van der Waals surface area (Å²) in [4.78, 5) is 19.8. The lowest BCUT2D eigenvalue weighted by Gasteiger charge is -2.20. The molecule has 1 aliphatic heterocycles. The number of hydrogen-bond acceptors (Lipinski definition) is 3. The van der Waals surface area contributed by atoms with E-state index < -0.39 is 0 Å². The Morgan fingerprint density at radius 1 is 1.24 bits per heavy atom. The Kier molecular flexibility index (Phi) is 2.16. The Bertz CT molecular complexity index is 525. The first-order chi connectivity index (χ1) is 8.31. The quantitative estimate of drug-likeness (QED) is 0.830. The molecule has 0 amide bonds. The molecule has 2 aliphatic carbocycles. The smallest absolute Gasteiger partial charge is 0.255 e. The van der Waals surface area contributed by atoms with Gasteiger partial charge < -0.3 is 4.98 Å². The summed E-state index contributed by atoms with van der Waals surface area (Å²) in [6.07, 6.45) is 5.34. The van der Waals surface area contributed by atoms with Crippen LogP contribution in [0.1, 0.15) is 48.7 Å². The van der Waals surface area contributed by atoms with E-state index in [0.29, 0.717) is 5.92 Å². The fourth-order valence-electron chi connectivity index (χ4n) is 3.84. The van der Waals surface area contributed by atoms with Crippen LogP contribution in [0, 0.1) is 11.8 Å². The predicted molar refractivity (Wildman–Crippen MR) is 68.0 cm³/mol. The van der Waals surface area contributed by atoms with Crippen LogP contribution < -0.4 is 5.56 Å². The zero-order chi connectivity index (χ0) is 11.4. The summed E-state index contributed by atoms with van der Waals surface area (Å²) in [6, 6.07) is 0. The minimum Gasteiger partial charge on any atom is -0.310 e. The lowest BCUT2D eigenvalue weighted by atomic mass is 9.88. The highest BCUT2D eigenvalue weighted by atomic mass is 32.2. The van der Waals surface area contributed by atoms with Crippen molar-refractivity contribution in [3.8, 4) is 0 Å². The van der Waals surface area contributed by atoms with Crippen LogP contribution in [0.2, 0.25) is 0 Å². The number of rotatable bonds is 1. The summed E-state index contributed by atoms with van der Waals surface area (Å²) in [5, 5.41) is 0. The molecule has 3 aliphatic rings. The maximum Gasteiger partial charge on any atom is 0.255 e. The van der Waals surface area contributed by atoms with E-state index in [2.05, 4.69) is 4.98 Å². The number of H-pyrrole nitrogens is 1. The average Bonchev–Trinajstić information content (AvgIpc) is 3.04. The predicted octanol–water partition coefficient (Wildman–Crippen LogP) is 2.42. The standard InChI is InChI=1S/C13H16N2OS/c16-13-10-5-17-6-11(10)14-12(15-13)9-4-7-1-2-8(9)3-7/h7-9H,1-6H2,(H,14,15,16). The fourth-order valence-corrected chi connectivity index (χ4v) is 4.87. The molecule has 1 aromatic rings. The maximum atomic E-state index is 12.0. The SMILES string of the molecule is O=c1[nH]c(C2CC3CCC2C3)nc2c1CSC2. The summed E-state index contributed by atoms with van der Waals surface area (Å²) in [6.45, 7) is 0. The van der Waals surface area contributed by atoms with Crippen molar-refractivity contribution in [1.29, 1.82) is 0 Å². The summed E-state index contributed by atoms with van der Waals surface area (Å²) >= 11 is 1.80. The Balaban J connectivity index is 1.75. The van der Waals surface area contributed by atoms with Crippen molar-refractivity contribution in [3.63, 3.8) is 0 Å². The molecule has 3 unspecified atom stereocenters. The highest BCUT2D eigenvalue weighted by molar-refractivity contribution is 7.98. The molecule has 3 atom stereocenters. The third-order valence-electron chi connectivity index (χ3n) is 4.69. The summed E-state index contributed by atoms with van der Waals surface area (Å²) < 4.78 is 0. The second-order valence-electron chi connectivity index (χ2n) is 5.65. The van der Waals surface area contributed by atoms with Gasteiger partial charge in [-0.25, -0.2) is 4.98 Å². The van der Waals surface area contributed by atoms with Gasteiger partial charge in [0.25, 0.3) is 5.56 Å². The number of aromatic amines is 1. The van der Waals surface area contributed by atoms with Crippen LogP contribution in [0.25, 0.3) is 0 Å². The van der Waals surface area contributed by atoms with Crippen molar-refractivity contribution in [1.82, 2.24) is 9.97 Å². The molecule has 4 rings (SSSR count). The van der Waals surface area contributed by atoms with E-state index in [1.165, 1.54) is 25.7 Å². The molecule has 1 N–H and O–H groups in total. The van der Waals surface area contributed by atoms with Gasteiger partial charge in [0.05, 0.1) is 5.69 Å². The summed E-state index contributed by atoms with van der Waals surface area (Å²) in [5.41, 5.74) is 2.09. The van der Waals surface area contributed by atoms with E-state index in [1.54, 1.807) is 11.8 Å². The Hall–Kier alpha value is -0.770. The van der Waals surface area contributed by atoms with Gasteiger partial charge in [-0.15, -0.1) is 0 Å². The van der Waals surface area contributed by atoms with Crippen molar-refractivity contribution in [2.75, 3.05) is 0 Å². The zero-order valence-electron chi connectivity index (χ0n) is 9.74. The van der Waals surface area contributed by atoms with Gasteiger partial charge in [0.1, 0.15) is 5.82 Å². The second kappa shape index (κ2) is 3.61. The highest BCUT2D eigenvalue weighted by Crippen LogP contribution is 2.52. The molecule has 0 spiro atoms. The van der Waals surface area contributed by atoms with Crippen LogP contribution >= 0.6 is 11.8 Å². The topological polar surface area (TPSA) is 45.8 Å². The lowest BCUT2D eigenvalue weighted by molar-refractivity contribution is 0.404. The summed E-state index contributed by atoms with van der Waals surface area (Å²) in [7, 11) is 0. The number of nitrogens with zero attached hydrogens (tertiary/aromatic N) is 1. The molecule has 4 heteroatoms. The van der Waals surface area contributed by atoms with Gasteiger partial charge >= 0.3 is 0 Å². The average molecular weight is 248 g/mol. The highest BCUT2D eigenvalue weighted by Gasteiger charge is 2.41. The lowest BCUT2D eigenvalue weighted by Crippen LogP contribution is -2.21. The maximum absolute atomic E-state index is 12.0. The van der Waals surface area contributed by atoms with Crippen LogP contribution in [0.3, 0.4) is 0 Å². The number of thioether (sulfide) groups is 1. The first-order valence-electron chi connectivity index (χ1n) is 6.51. The molecule has 3 nitrogen and oxygen atoms in total. The Morgan fingerprint density at radius 3 is 2.94 bits per heavy atom. The molecule has 2 heterocycles. The molecule has 17 heavy (non-hydrogen) atoms. The number of fused-ring (bicyclic) bond motifs is 3. The van der Waals surface area contributed by atoms with E-state index in [0.717, 1.165) is 40.4 Å². The van der Waals surface area contributed by atoms with E-state index >= 15 is 0 Å². The molecule has 90 valence electrons. The van der Waals surface area contributed by atoms with Gasteiger partial charge in [0.2, 0.25) is 0 Å². The summed E-state index contributed by atoms with van der Waals surface area (Å²) in [5.74, 6) is 4.98. The zero-order valence-corrected chi connectivity index (χ0v) is 10.6. The molecule has 1 aromatic heterocycles. The molecular weight excluding hydrogens is 232 g/mol. The number of aromatic nitrogens is 2. The normalized spacial score (nSPS) is 34.2. The van der Waals surface area contributed by atoms with E-state index in [-0.39, 0.29) is 5.56 Å². The number of nitrogens with one attached hydrogen (secondary N) is 1. The minimum atomic E-state index is 0.123. The van der Waals surface area contributed by atoms with Gasteiger partial charge in [-0.1, -0.05) is 6.42 Å². The molecule has 0 aromatic carbocycles.